The van der Waals surface area contributed by atoms with Gasteiger partial charge in [0.2, 0.25) is 6.23 Å². The van der Waals surface area contributed by atoms with Gasteiger partial charge in [-0.25, -0.2) is 9.48 Å². The van der Waals surface area contributed by atoms with Gasteiger partial charge in [-0.2, -0.15) is 5.10 Å². The average molecular weight is 472 g/mol. The first-order chi connectivity index (χ1) is 17.1. The van der Waals surface area contributed by atoms with Crippen molar-refractivity contribution in [2.24, 2.45) is 0 Å². The minimum Gasteiger partial charge on any atom is -0.434 e. The molecular formula is C28H29N3O4. The van der Waals surface area contributed by atoms with Crippen LogP contribution in [-0.2, 0) is 14.3 Å². The Kier molecular flexibility index (Phi) is 6.51. The maximum atomic E-state index is 13.8. The molecule has 0 unspecified atom stereocenters. The van der Waals surface area contributed by atoms with Crippen LogP contribution in [0, 0.1) is 6.92 Å². The molecule has 0 N–H and O–H groups in total. The van der Waals surface area contributed by atoms with Gasteiger partial charge < -0.3 is 9.47 Å². The van der Waals surface area contributed by atoms with E-state index in [4.69, 9.17) is 14.6 Å². The van der Waals surface area contributed by atoms with Crippen LogP contribution in [0.4, 0.5) is 0 Å². The van der Waals surface area contributed by atoms with Gasteiger partial charge in [0.05, 0.1) is 18.0 Å². The average Bonchev–Trinajstić information content (AvgIpc) is 3.38. The molecule has 2 heterocycles. The molecule has 1 aromatic heterocycles. The molecule has 3 aromatic rings. The Balaban J connectivity index is 1.55. The molecule has 0 saturated heterocycles. The lowest BCUT2D eigenvalue weighted by molar-refractivity contribution is -0.133. The van der Waals surface area contributed by atoms with E-state index in [1.165, 1.54) is 0 Å². The van der Waals surface area contributed by atoms with Crippen LogP contribution < -0.4 is 0 Å². The molecule has 35 heavy (non-hydrogen) atoms. The van der Waals surface area contributed by atoms with Crippen molar-refractivity contribution < 1.29 is 19.1 Å². The molecule has 2 aliphatic rings. The standard InChI is InChI=1S/C28H29N3O4/c1-19-24(25(20-11-5-3-6-12-20)29-31(19)21-13-7-4-8-14-21)28(33)35-27-23-16-10-9-15-22(23)26(32)30(27)17-18-34-2/h3-8,11-14,27H,9-10,15-18H2,1-2H3/t27-/m1/s1. The van der Waals surface area contributed by atoms with Gasteiger partial charge in [0, 0.05) is 24.8 Å². The third kappa shape index (κ3) is 4.28. The van der Waals surface area contributed by atoms with Gasteiger partial charge in [-0.05, 0) is 50.3 Å². The van der Waals surface area contributed by atoms with Crippen LogP contribution in [0.5, 0.6) is 0 Å². The first-order valence-electron chi connectivity index (χ1n) is 12.0. The Hall–Kier alpha value is -3.71. The highest BCUT2D eigenvalue weighted by atomic mass is 16.6. The summed E-state index contributed by atoms with van der Waals surface area (Å²) in [7, 11) is 1.60. The van der Waals surface area contributed by atoms with E-state index in [2.05, 4.69) is 0 Å². The van der Waals surface area contributed by atoms with Crippen molar-refractivity contribution in [3.63, 3.8) is 0 Å². The largest absolute Gasteiger partial charge is 0.434 e. The number of rotatable bonds is 7. The van der Waals surface area contributed by atoms with E-state index in [9.17, 15) is 9.59 Å². The van der Waals surface area contributed by atoms with Crippen molar-refractivity contribution >= 4 is 11.9 Å². The number of hydrogen-bond donors (Lipinski definition) is 0. The number of carbonyl (C=O) groups excluding carboxylic acids is 2. The third-order valence-electron chi connectivity index (χ3n) is 6.73. The topological polar surface area (TPSA) is 73.7 Å². The Bertz CT molecular complexity index is 1260. The van der Waals surface area contributed by atoms with Crippen LogP contribution in [0.25, 0.3) is 16.9 Å². The van der Waals surface area contributed by atoms with Crippen molar-refractivity contribution in [1.29, 1.82) is 0 Å². The maximum Gasteiger partial charge on any atom is 0.344 e. The molecular weight excluding hydrogens is 442 g/mol. The van der Waals surface area contributed by atoms with Crippen LogP contribution in [0.1, 0.15) is 41.7 Å². The van der Waals surface area contributed by atoms with Crippen molar-refractivity contribution in [3.8, 4) is 16.9 Å². The molecule has 1 atom stereocenters. The minimum absolute atomic E-state index is 0.0467. The van der Waals surface area contributed by atoms with E-state index in [0.29, 0.717) is 30.1 Å². The van der Waals surface area contributed by atoms with Gasteiger partial charge in [-0.3, -0.25) is 9.69 Å². The first-order valence-corrected chi connectivity index (χ1v) is 12.0. The molecule has 7 heteroatoms. The number of methoxy groups -OCH3 is 1. The zero-order valence-electron chi connectivity index (χ0n) is 20.1. The second kappa shape index (κ2) is 9.88. The normalized spacial score (nSPS) is 17.6. The summed E-state index contributed by atoms with van der Waals surface area (Å²) >= 11 is 0. The highest BCUT2D eigenvalue weighted by Crippen LogP contribution is 2.38. The number of ether oxygens (including phenoxy) is 2. The van der Waals surface area contributed by atoms with Gasteiger partial charge in [0.25, 0.3) is 5.91 Å². The highest BCUT2D eigenvalue weighted by Gasteiger charge is 2.42. The number of esters is 1. The molecule has 0 saturated carbocycles. The van der Waals surface area contributed by atoms with Crippen LogP contribution in [0.2, 0.25) is 0 Å². The molecule has 2 aromatic carbocycles. The van der Waals surface area contributed by atoms with E-state index < -0.39 is 12.2 Å². The number of benzene rings is 2. The molecule has 1 aliphatic carbocycles. The van der Waals surface area contributed by atoms with Crippen LogP contribution in [0.3, 0.4) is 0 Å². The number of carbonyl (C=O) groups is 2. The Labute approximate surface area is 205 Å². The fourth-order valence-electron chi connectivity index (χ4n) is 4.98. The third-order valence-corrected chi connectivity index (χ3v) is 6.73. The summed E-state index contributed by atoms with van der Waals surface area (Å²) in [6, 6.07) is 19.3. The van der Waals surface area contributed by atoms with Gasteiger partial charge in [-0.15, -0.1) is 0 Å². The van der Waals surface area contributed by atoms with Gasteiger partial charge >= 0.3 is 5.97 Å². The first kappa shape index (κ1) is 23.1. The van der Waals surface area contributed by atoms with E-state index >= 15 is 0 Å². The summed E-state index contributed by atoms with van der Waals surface area (Å²) in [5.74, 6) is -0.530. The molecule has 0 radical (unpaired) electrons. The monoisotopic (exact) mass is 471 g/mol. The van der Waals surface area contributed by atoms with Crippen molar-refractivity contribution in [1.82, 2.24) is 14.7 Å². The summed E-state index contributed by atoms with van der Waals surface area (Å²) in [5, 5.41) is 4.81. The fourth-order valence-corrected chi connectivity index (χ4v) is 4.98. The highest BCUT2D eigenvalue weighted by molar-refractivity contribution is 6.00. The molecule has 1 aliphatic heterocycles. The molecule has 0 spiro atoms. The number of para-hydroxylation sites is 1. The van der Waals surface area contributed by atoms with Crippen molar-refractivity contribution in [3.05, 3.63) is 83.1 Å². The van der Waals surface area contributed by atoms with Crippen molar-refractivity contribution in [2.75, 3.05) is 20.3 Å². The van der Waals surface area contributed by atoms with E-state index in [-0.39, 0.29) is 5.91 Å². The number of amides is 1. The molecule has 1 amide bonds. The summed E-state index contributed by atoms with van der Waals surface area (Å²) in [4.78, 5) is 28.6. The molecule has 0 fully saturated rings. The van der Waals surface area contributed by atoms with Gasteiger partial charge in [-0.1, -0.05) is 48.5 Å². The number of nitrogens with zero attached hydrogens (tertiary/aromatic N) is 3. The van der Waals surface area contributed by atoms with Gasteiger partial charge in [0.1, 0.15) is 11.3 Å². The predicted octanol–water partition coefficient (Wildman–Crippen LogP) is 4.69. The predicted molar refractivity (Wildman–Crippen MR) is 132 cm³/mol. The Morgan fingerprint density at radius 2 is 1.71 bits per heavy atom. The lowest BCUT2D eigenvalue weighted by Gasteiger charge is -2.27. The minimum atomic E-state index is -0.705. The van der Waals surface area contributed by atoms with Crippen molar-refractivity contribution in [2.45, 2.75) is 38.8 Å². The summed E-state index contributed by atoms with van der Waals surface area (Å²) in [6.45, 7) is 2.62. The zero-order valence-corrected chi connectivity index (χ0v) is 20.1. The Morgan fingerprint density at radius 3 is 2.43 bits per heavy atom. The summed E-state index contributed by atoms with van der Waals surface area (Å²) in [6.07, 6.45) is 2.74. The molecule has 7 nitrogen and oxygen atoms in total. The second-order valence-corrected chi connectivity index (χ2v) is 8.88. The van der Waals surface area contributed by atoms with Crippen LogP contribution >= 0.6 is 0 Å². The zero-order chi connectivity index (χ0) is 24.4. The summed E-state index contributed by atoms with van der Waals surface area (Å²) in [5.41, 5.74) is 5.06. The molecule has 0 bridgehead atoms. The number of aromatic nitrogens is 2. The SMILES string of the molecule is COCCN1C(=O)C2=C(CCCC2)[C@H]1OC(=O)c1c(-c2ccccc2)nn(-c2ccccc2)c1C. The molecule has 5 rings (SSSR count). The number of hydrogen-bond acceptors (Lipinski definition) is 5. The lowest BCUT2D eigenvalue weighted by Crippen LogP contribution is -2.41. The van der Waals surface area contributed by atoms with E-state index in [0.717, 1.165) is 48.1 Å². The lowest BCUT2D eigenvalue weighted by atomic mass is 9.93. The van der Waals surface area contributed by atoms with Crippen LogP contribution in [-0.4, -0.2) is 53.0 Å². The second-order valence-electron chi connectivity index (χ2n) is 8.88. The van der Waals surface area contributed by atoms with Gasteiger partial charge in [0.15, 0.2) is 0 Å². The van der Waals surface area contributed by atoms with E-state index in [1.807, 2.05) is 67.6 Å². The smallest absolute Gasteiger partial charge is 0.344 e. The van der Waals surface area contributed by atoms with E-state index in [1.54, 1.807) is 16.7 Å². The Morgan fingerprint density at radius 1 is 1.03 bits per heavy atom. The summed E-state index contributed by atoms with van der Waals surface area (Å²) < 4.78 is 13.1. The quantitative estimate of drug-likeness (QED) is 0.468. The molecule has 180 valence electrons. The maximum absolute atomic E-state index is 13.8. The van der Waals surface area contributed by atoms with Crippen LogP contribution in [0.15, 0.2) is 71.8 Å². The fraction of sp³-hybridized carbons (Fsp3) is 0.321.